The van der Waals surface area contributed by atoms with Gasteiger partial charge in [-0.05, 0) is 23.8 Å². The van der Waals surface area contributed by atoms with E-state index in [1.807, 2.05) is 5.38 Å². The van der Waals surface area contributed by atoms with Gasteiger partial charge in [-0.3, -0.25) is 10.1 Å². The highest BCUT2D eigenvalue weighted by atomic mass is 32.1. The van der Waals surface area contributed by atoms with Crippen molar-refractivity contribution in [2.75, 3.05) is 0 Å². The molecule has 14 heavy (non-hydrogen) atoms. The fourth-order valence-corrected chi connectivity index (χ4v) is 2.28. The number of phenolic OH excluding ortho intramolecular Hbond substituents is 1. The van der Waals surface area contributed by atoms with Crippen molar-refractivity contribution >= 4 is 27.1 Å². The third kappa shape index (κ3) is 1.13. The highest BCUT2D eigenvalue weighted by Crippen LogP contribution is 2.37. The molecule has 5 heteroatoms. The summed E-state index contributed by atoms with van der Waals surface area (Å²) in [5.74, 6) is -0.232. The first-order chi connectivity index (χ1) is 6.61. The largest absolute Gasteiger partial charge is 0.502 e. The number of aryl methyl sites for hydroxylation is 1. The molecule has 1 heterocycles. The van der Waals surface area contributed by atoms with Crippen LogP contribution in [0.3, 0.4) is 0 Å². The van der Waals surface area contributed by atoms with Crippen LogP contribution < -0.4 is 0 Å². The summed E-state index contributed by atoms with van der Waals surface area (Å²) >= 11 is 1.47. The predicted molar refractivity (Wildman–Crippen MR) is 54.9 cm³/mol. The summed E-state index contributed by atoms with van der Waals surface area (Å²) in [6.07, 6.45) is 0. The van der Waals surface area contributed by atoms with E-state index in [-0.39, 0.29) is 11.4 Å². The van der Waals surface area contributed by atoms with E-state index in [4.69, 9.17) is 0 Å². The van der Waals surface area contributed by atoms with Gasteiger partial charge in [-0.1, -0.05) is 0 Å². The fourth-order valence-electron chi connectivity index (χ4n) is 1.39. The van der Waals surface area contributed by atoms with Crippen LogP contribution in [-0.4, -0.2) is 10.0 Å². The Balaban J connectivity index is 2.87. The zero-order chi connectivity index (χ0) is 10.3. The maximum Gasteiger partial charge on any atom is 0.311 e. The van der Waals surface area contributed by atoms with Crippen molar-refractivity contribution < 1.29 is 10.0 Å². The lowest BCUT2D eigenvalue weighted by Crippen LogP contribution is -1.90. The Morgan fingerprint density at radius 2 is 2.29 bits per heavy atom. The lowest BCUT2D eigenvalue weighted by Gasteiger charge is -2.01. The predicted octanol–water partition coefficient (Wildman–Crippen LogP) is 2.82. The molecule has 0 atom stereocenters. The van der Waals surface area contributed by atoms with Gasteiger partial charge >= 0.3 is 5.69 Å². The Kier molecular flexibility index (Phi) is 1.89. The molecular formula is C9H7NO3S. The third-order valence-corrected chi connectivity index (χ3v) is 3.17. The molecule has 1 aromatic heterocycles. The zero-order valence-corrected chi connectivity index (χ0v) is 8.17. The average molecular weight is 209 g/mol. The summed E-state index contributed by atoms with van der Waals surface area (Å²) in [5, 5.41) is 22.8. The van der Waals surface area contributed by atoms with E-state index < -0.39 is 4.92 Å². The number of fused-ring (bicyclic) bond motifs is 1. The molecular weight excluding hydrogens is 202 g/mol. The summed E-state index contributed by atoms with van der Waals surface area (Å²) in [5.41, 5.74) is 0.345. The van der Waals surface area contributed by atoms with Gasteiger partial charge in [-0.25, -0.2) is 0 Å². The first-order valence-electron chi connectivity index (χ1n) is 3.95. The molecule has 0 aliphatic rings. The molecule has 0 saturated heterocycles. The number of nitro benzene ring substituents is 1. The molecule has 0 aliphatic heterocycles. The normalized spacial score (nSPS) is 10.6. The Labute approximate surface area is 83.6 Å². The molecule has 72 valence electrons. The van der Waals surface area contributed by atoms with Crippen molar-refractivity contribution in [2.24, 2.45) is 0 Å². The summed E-state index contributed by atoms with van der Waals surface area (Å²) in [6.45, 7) is 1.68. The van der Waals surface area contributed by atoms with E-state index in [9.17, 15) is 15.2 Å². The minimum Gasteiger partial charge on any atom is -0.502 e. The standard InChI is InChI=1S/C9H7NO3S/c1-5-8(11)7(10(12)13)4-6-2-3-14-9(5)6/h2-4,11H,1H3. The highest BCUT2D eigenvalue weighted by molar-refractivity contribution is 7.17. The molecule has 0 spiro atoms. The third-order valence-electron chi connectivity index (χ3n) is 2.12. The average Bonchev–Trinajstić information content (AvgIpc) is 2.58. The van der Waals surface area contributed by atoms with E-state index >= 15 is 0 Å². The SMILES string of the molecule is Cc1c(O)c([N+](=O)[O-])cc2ccsc12. The van der Waals surface area contributed by atoms with Crippen molar-refractivity contribution in [3.63, 3.8) is 0 Å². The molecule has 2 rings (SSSR count). The number of thiophene rings is 1. The van der Waals surface area contributed by atoms with Crippen LogP contribution in [0.1, 0.15) is 5.56 Å². The molecule has 1 aromatic carbocycles. The van der Waals surface area contributed by atoms with E-state index in [2.05, 4.69) is 0 Å². The Morgan fingerprint density at radius 1 is 1.57 bits per heavy atom. The van der Waals surface area contributed by atoms with Crippen LogP contribution in [0.15, 0.2) is 17.5 Å². The minimum absolute atomic E-state index is 0.228. The summed E-state index contributed by atoms with van der Waals surface area (Å²) in [4.78, 5) is 10.0. The minimum atomic E-state index is -0.570. The van der Waals surface area contributed by atoms with Gasteiger partial charge in [0.2, 0.25) is 0 Å². The monoisotopic (exact) mass is 209 g/mol. The van der Waals surface area contributed by atoms with Gasteiger partial charge in [-0.2, -0.15) is 0 Å². The number of nitro groups is 1. The van der Waals surface area contributed by atoms with Crippen molar-refractivity contribution in [1.82, 2.24) is 0 Å². The van der Waals surface area contributed by atoms with Crippen LogP contribution >= 0.6 is 11.3 Å². The lowest BCUT2D eigenvalue weighted by molar-refractivity contribution is -0.385. The maximum atomic E-state index is 10.6. The van der Waals surface area contributed by atoms with Gasteiger partial charge in [0.1, 0.15) is 0 Å². The molecule has 0 amide bonds. The second kappa shape index (κ2) is 2.95. The molecule has 0 fully saturated rings. The van der Waals surface area contributed by atoms with Gasteiger partial charge in [-0.15, -0.1) is 11.3 Å². The number of phenols is 1. The van der Waals surface area contributed by atoms with E-state index in [1.165, 1.54) is 17.4 Å². The molecule has 2 aromatic rings. The highest BCUT2D eigenvalue weighted by Gasteiger charge is 2.18. The van der Waals surface area contributed by atoms with Gasteiger partial charge < -0.3 is 5.11 Å². The van der Waals surface area contributed by atoms with Crippen molar-refractivity contribution in [3.8, 4) is 5.75 Å². The molecule has 0 radical (unpaired) electrons. The van der Waals surface area contributed by atoms with E-state index in [1.54, 1.807) is 13.0 Å². The lowest BCUT2D eigenvalue weighted by atomic mass is 10.1. The molecule has 0 aliphatic carbocycles. The van der Waals surface area contributed by atoms with Crippen LogP contribution in [0.2, 0.25) is 0 Å². The van der Waals surface area contributed by atoms with Crippen LogP contribution in [0.4, 0.5) is 5.69 Å². The molecule has 0 bridgehead atoms. The van der Waals surface area contributed by atoms with Gasteiger partial charge in [0.25, 0.3) is 0 Å². The number of benzene rings is 1. The first-order valence-corrected chi connectivity index (χ1v) is 4.83. The number of aromatic hydroxyl groups is 1. The number of hydrogen-bond acceptors (Lipinski definition) is 4. The molecule has 0 unspecified atom stereocenters. The Hall–Kier alpha value is -1.62. The number of hydrogen-bond donors (Lipinski definition) is 1. The number of rotatable bonds is 1. The number of nitrogens with zero attached hydrogens (tertiary/aromatic N) is 1. The van der Waals surface area contributed by atoms with E-state index in [0.29, 0.717) is 5.56 Å². The second-order valence-corrected chi connectivity index (χ2v) is 3.88. The first kappa shape index (κ1) is 8.96. The van der Waals surface area contributed by atoms with Crippen LogP contribution in [0, 0.1) is 17.0 Å². The fraction of sp³-hybridized carbons (Fsp3) is 0.111. The van der Waals surface area contributed by atoms with Crippen molar-refractivity contribution in [3.05, 3.63) is 33.2 Å². The summed E-state index contributed by atoms with van der Waals surface area (Å²) < 4.78 is 0.896. The Morgan fingerprint density at radius 3 is 2.93 bits per heavy atom. The molecule has 4 nitrogen and oxygen atoms in total. The van der Waals surface area contributed by atoms with Crippen molar-refractivity contribution in [2.45, 2.75) is 6.92 Å². The van der Waals surface area contributed by atoms with Crippen molar-refractivity contribution in [1.29, 1.82) is 0 Å². The maximum absolute atomic E-state index is 10.6. The molecule has 0 saturated carbocycles. The zero-order valence-electron chi connectivity index (χ0n) is 7.35. The van der Waals surface area contributed by atoms with Crippen LogP contribution in [-0.2, 0) is 0 Å². The van der Waals surface area contributed by atoms with Gasteiger partial charge in [0.15, 0.2) is 5.75 Å². The van der Waals surface area contributed by atoms with Crippen LogP contribution in [0.5, 0.6) is 5.75 Å². The molecule has 1 N–H and O–H groups in total. The summed E-state index contributed by atoms with van der Waals surface area (Å²) in [7, 11) is 0. The van der Waals surface area contributed by atoms with Gasteiger partial charge in [0.05, 0.1) is 4.92 Å². The Bertz CT molecular complexity index is 518. The summed E-state index contributed by atoms with van der Waals surface area (Å²) in [6, 6.07) is 3.20. The quantitative estimate of drug-likeness (QED) is 0.580. The second-order valence-electron chi connectivity index (χ2n) is 2.97. The van der Waals surface area contributed by atoms with Gasteiger partial charge in [0, 0.05) is 16.3 Å². The smallest absolute Gasteiger partial charge is 0.311 e. The van der Waals surface area contributed by atoms with Crippen LogP contribution in [0.25, 0.3) is 10.1 Å². The topological polar surface area (TPSA) is 63.4 Å². The van der Waals surface area contributed by atoms with E-state index in [0.717, 1.165) is 10.1 Å².